The molecular weight excluding hydrogens is 685 g/mol. The van der Waals surface area contributed by atoms with Crippen LogP contribution in [0.25, 0.3) is 106 Å². The molecule has 0 radical (unpaired) electrons. The number of benzene rings is 8. The summed E-state index contributed by atoms with van der Waals surface area (Å²) < 4.78 is 8.84. The van der Waals surface area contributed by atoms with Crippen molar-refractivity contribution in [3.8, 4) is 62.1 Å². The van der Waals surface area contributed by atoms with Gasteiger partial charge in [0.2, 0.25) is 0 Å². The zero-order chi connectivity index (χ0) is 37.0. The molecule has 0 N–H and O–H groups in total. The number of hydrogen-bond donors (Lipinski definition) is 0. The number of rotatable bonds is 6. The molecule has 0 saturated heterocycles. The minimum absolute atomic E-state index is 0.598. The van der Waals surface area contributed by atoms with Gasteiger partial charge in [-0.25, -0.2) is 15.0 Å². The van der Waals surface area contributed by atoms with Gasteiger partial charge in [0.15, 0.2) is 17.5 Å². The summed E-state index contributed by atoms with van der Waals surface area (Å²) in [6.45, 7) is 0. The average molecular weight is 717 g/mol. The maximum Gasteiger partial charge on any atom is 0.164 e. The van der Waals surface area contributed by atoms with E-state index in [1.807, 2.05) is 66.7 Å². The van der Waals surface area contributed by atoms with E-state index in [9.17, 15) is 0 Å². The number of fused-ring (bicyclic) bond motifs is 6. The third-order valence-corrected chi connectivity index (χ3v) is 10.7. The maximum atomic E-state index is 6.48. The maximum absolute atomic E-state index is 6.48. The number of nitrogens with zero attached hydrogens (tertiary/aromatic N) is 4. The van der Waals surface area contributed by atoms with Gasteiger partial charge in [0.25, 0.3) is 0 Å². The Labute approximate surface area is 322 Å². The average Bonchev–Trinajstić information content (AvgIpc) is 3.82. The van der Waals surface area contributed by atoms with E-state index in [-0.39, 0.29) is 0 Å². The molecule has 5 nitrogen and oxygen atoms in total. The molecule has 8 aromatic carbocycles. The third-order valence-electron chi connectivity index (χ3n) is 10.7. The van der Waals surface area contributed by atoms with E-state index in [0.717, 1.165) is 55.4 Å². The molecule has 3 aromatic heterocycles. The summed E-state index contributed by atoms with van der Waals surface area (Å²) in [7, 11) is 0. The second-order valence-corrected chi connectivity index (χ2v) is 14.1. The Bertz CT molecular complexity index is 3160. The predicted molar refractivity (Wildman–Crippen MR) is 229 cm³/mol. The summed E-state index contributed by atoms with van der Waals surface area (Å²) in [6.07, 6.45) is 0. The molecule has 0 fully saturated rings. The molecule has 56 heavy (non-hydrogen) atoms. The van der Waals surface area contributed by atoms with Crippen LogP contribution in [0.5, 0.6) is 0 Å². The van der Waals surface area contributed by atoms with E-state index in [1.54, 1.807) is 0 Å². The van der Waals surface area contributed by atoms with Crippen LogP contribution in [0.2, 0.25) is 0 Å². The van der Waals surface area contributed by atoms with Crippen LogP contribution in [0.4, 0.5) is 0 Å². The zero-order valence-corrected chi connectivity index (χ0v) is 30.2. The lowest BCUT2D eigenvalue weighted by atomic mass is 10.0. The zero-order valence-electron chi connectivity index (χ0n) is 30.2. The normalized spacial score (nSPS) is 11.6. The SMILES string of the molecule is c1ccc(-c2ccc(-n3c4ccccc4c4cc(-c5ccc6oc7cc(-c8nc(-c9ccccc9)nc(-c9ccccc9)n8)ccc7c6c5)ccc43)cc2)cc1. The lowest BCUT2D eigenvalue weighted by molar-refractivity contribution is 0.669. The highest BCUT2D eigenvalue weighted by Crippen LogP contribution is 2.38. The van der Waals surface area contributed by atoms with Gasteiger partial charge in [-0.15, -0.1) is 0 Å². The van der Waals surface area contributed by atoms with Crippen molar-refractivity contribution in [2.45, 2.75) is 0 Å². The summed E-state index contributed by atoms with van der Waals surface area (Å²) in [5.74, 6) is 1.86. The van der Waals surface area contributed by atoms with Gasteiger partial charge in [0.1, 0.15) is 11.2 Å². The minimum atomic E-state index is 0.598. The van der Waals surface area contributed by atoms with Crippen LogP contribution >= 0.6 is 0 Å². The van der Waals surface area contributed by atoms with Gasteiger partial charge in [-0.1, -0.05) is 140 Å². The first-order valence-electron chi connectivity index (χ1n) is 18.8. The molecule has 0 atom stereocenters. The first-order chi connectivity index (χ1) is 27.7. The third kappa shape index (κ3) is 5.45. The van der Waals surface area contributed by atoms with Crippen molar-refractivity contribution < 1.29 is 4.42 Å². The molecule has 3 heterocycles. The molecule has 0 bridgehead atoms. The van der Waals surface area contributed by atoms with E-state index in [1.165, 1.54) is 32.9 Å². The van der Waals surface area contributed by atoms with E-state index in [0.29, 0.717) is 17.5 Å². The smallest absolute Gasteiger partial charge is 0.164 e. The Morgan fingerprint density at radius 1 is 0.304 bits per heavy atom. The topological polar surface area (TPSA) is 56.7 Å². The molecular formula is C51H32N4O. The van der Waals surface area contributed by atoms with E-state index >= 15 is 0 Å². The lowest BCUT2D eigenvalue weighted by Crippen LogP contribution is -2.00. The Hall–Kier alpha value is -7.63. The van der Waals surface area contributed by atoms with Crippen molar-refractivity contribution in [3.63, 3.8) is 0 Å². The Morgan fingerprint density at radius 3 is 1.48 bits per heavy atom. The molecule has 262 valence electrons. The molecule has 5 heteroatoms. The van der Waals surface area contributed by atoms with Crippen LogP contribution < -0.4 is 0 Å². The standard InChI is InChI=1S/C51H32N4O/c1-4-12-33(13-5-1)34-20-25-40(26-21-34)55-45-19-11-10-18-41(45)43-30-37(23-28-46(43)55)38-24-29-47-44(31-38)42-27-22-39(32-48(42)56-47)51-53-49(35-14-6-2-7-15-35)52-50(54-51)36-16-8-3-9-17-36/h1-32H. The van der Waals surface area contributed by atoms with Crippen molar-refractivity contribution in [2.75, 3.05) is 0 Å². The van der Waals surface area contributed by atoms with Crippen LogP contribution in [0.3, 0.4) is 0 Å². The van der Waals surface area contributed by atoms with Gasteiger partial charge in [-0.05, 0) is 76.9 Å². The van der Waals surface area contributed by atoms with Crippen molar-refractivity contribution in [1.82, 2.24) is 19.5 Å². The van der Waals surface area contributed by atoms with Gasteiger partial charge >= 0.3 is 0 Å². The quantitative estimate of drug-likeness (QED) is 0.172. The van der Waals surface area contributed by atoms with Crippen LogP contribution in [-0.4, -0.2) is 19.5 Å². The van der Waals surface area contributed by atoms with Gasteiger partial charge in [0, 0.05) is 43.9 Å². The summed E-state index contributed by atoms with van der Waals surface area (Å²) in [6, 6.07) is 67.6. The largest absolute Gasteiger partial charge is 0.456 e. The second kappa shape index (κ2) is 13.0. The molecule has 11 aromatic rings. The first-order valence-corrected chi connectivity index (χ1v) is 18.8. The van der Waals surface area contributed by atoms with Gasteiger partial charge in [0.05, 0.1) is 11.0 Å². The molecule has 0 unspecified atom stereocenters. The fourth-order valence-electron chi connectivity index (χ4n) is 7.90. The van der Waals surface area contributed by atoms with Crippen molar-refractivity contribution in [2.24, 2.45) is 0 Å². The van der Waals surface area contributed by atoms with Gasteiger partial charge < -0.3 is 8.98 Å². The molecule has 11 rings (SSSR count). The van der Waals surface area contributed by atoms with Crippen LogP contribution in [0.15, 0.2) is 199 Å². The van der Waals surface area contributed by atoms with Crippen molar-refractivity contribution >= 4 is 43.7 Å². The van der Waals surface area contributed by atoms with Gasteiger partial charge in [-0.2, -0.15) is 0 Å². The molecule has 0 amide bonds. The van der Waals surface area contributed by atoms with Crippen molar-refractivity contribution in [3.05, 3.63) is 194 Å². The monoisotopic (exact) mass is 716 g/mol. The van der Waals surface area contributed by atoms with Gasteiger partial charge in [-0.3, -0.25) is 0 Å². The molecule has 0 aliphatic heterocycles. The number of para-hydroxylation sites is 1. The highest BCUT2D eigenvalue weighted by Gasteiger charge is 2.17. The number of aromatic nitrogens is 4. The molecule has 0 saturated carbocycles. The molecule has 0 aliphatic rings. The van der Waals surface area contributed by atoms with Crippen molar-refractivity contribution in [1.29, 1.82) is 0 Å². The number of furan rings is 1. The summed E-state index contributed by atoms with van der Waals surface area (Å²) in [5, 5.41) is 4.55. The summed E-state index contributed by atoms with van der Waals surface area (Å²) >= 11 is 0. The second-order valence-electron chi connectivity index (χ2n) is 14.1. The fourth-order valence-corrected chi connectivity index (χ4v) is 7.90. The minimum Gasteiger partial charge on any atom is -0.456 e. The molecule has 0 spiro atoms. The Morgan fingerprint density at radius 2 is 0.804 bits per heavy atom. The predicted octanol–water partition coefficient (Wildman–Crippen LogP) is 13.2. The van der Waals surface area contributed by atoms with E-state index in [2.05, 4.69) is 132 Å². The lowest BCUT2D eigenvalue weighted by Gasteiger charge is -2.10. The fraction of sp³-hybridized carbons (Fsp3) is 0. The highest BCUT2D eigenvalue weighted by molar-refractivity contribution is 6.11. The Kier molecular flexibility index (Phi) is 7.42. The highest BCUT2D eigenvalue weighted by atomic mass is 16.3. The Balaban J connectivity index is 0.981. The van der Waals surface area contributed by atoms with Crippen LogP contribution in [-0.2, 0) is 0 Å². The summed E-state index contributed by atoms with van der Waals surface area (Å²) in [5.41, 5.74) is 12.6. The first kappa shape index (κ1) is 31.9. The van der Waals surface area contributed by atoms with E-state index in [4.69, 9.17) is 19.4 Å². The number of hydrogen-bond acceptors (Lipinski definition) is 4. The van der Waals surface area contributed by atoms with Crippen LogP contribution in [0.1, 0.15) is 0 Å². The summed E-state index contributed by atoms with van der Waals surface area (Å²) in [4.78, 5) is 14.7. The van der Waals surface area contributed by atoms with Crippen LogP contribution in [0, 0.1) is 0 Å². The van der Waals surface area contributed by atoms with E-state index < -0.39 is 0 Å². The molecule has 0 aliphatic carbocycles.